The smallest absolute Gasteiger partial charge is 0.329 e. The van der Waals surface area contributed by atoms with Gasteiger partial charge in [0.25, 0.3) is 5.56 Å². The average molecular weight is 260 g/mol. The molecule has 0 aliphatic heterocycles. The predicted molar refractivity (Wildman–Crippen MR) is 72.6 cm³/mol. The number of aromatic nitrogens is 2. The van der Waals surface area contributed by atoms with E-state index in [4.69, 9.17) is 0 Å². The van der Waals surface area contributed by atoms with Crippen molar-refractivity contribution in [3.05, 3.63) is 39.0 Å². The van der Waals surface area contributed by atoms with Gasteiger partial charge in [0.05, 0.1) is 10.9 Å². The number of phenolic OH excluding ortho intramolecular Hbond substituents is 1. The third-order valence-corrected chi connectivity index (χ3v) is 3.85. The number of hydrogen-bond acceptors (Lipinski definition) is 3. The molecule has 1 aliphatic carbocycles. The van der Waals surface area contributed by atoms with Crippen LogP contribution in [0.25, 0.3) is 10.9 Å². The maximum Gasteiger partial charge on any atom is 0.329 e. The van der Waals surface area contributed by atoms with E-state index in [0.29, 0.717) is 10.9 Å². The quantitative estimate of drug-likeness (QED) is 0.822. The van der Waals surface area contributed by atoms with Gasteiger partial charge < -0.3 is 10.1 Å². The van der Waals surface area contributed by atoms with Gasteiger partial charge in [-0.25, -0.2) is 4.79 Å². The van der Waals surface area contributed by atoms with Gasteiger partial charge in [0.1, 0.15) is 5.75 Å². The van der Waals surface area contributed by atoms with Crippen LogP contribution in [0.4, 0.5) is 0 Å². The first-order valence-electron chi connectivity index (χ1n) is 6.64. The number of rotatable bonds is 1. The van der Waals surface area contributed by atoms with Gasteiger partial charge in [0.15, 0.2) is 0 Å². The summed E-state index contributed by atoms with van der Waals surface area (Å²) in [5.74, 6) is 0.0398. The zero-order valence-electron chi connectivity index (χ0n) is 10.6. The summed E-state index contributed by atoms with van der Waals surface area (Å²) in [5, 5.41) is 9.85. The fraction of sp³-hybridized carbons (Fsp3) is 0.429. The van der Waals surface area contributed by atoms with Crippen LogP contribution < -0.4 is 11.2 Å². The minimum atomic E-state index is -0.380. The summed E-state index contributed by atoms with van der Waals surface area (Å²) in [5.41, 5.74) is -0.247. The molecule has 1 fully saturated rings. The summed E-state index contributed by atoms with van der Waals surface area (Å²) >= 11 is 0. The van der Waals surface area contributed by atoms with Crippen LogP contribution in [0.2, 0.25) is 0 Å². The van der Waals surface area contributed by atoms with Crippen molar-refractivity contribution in [2.45, 2.75) is 38.1 Å². The van der Waals surface area contributed by atoms with E-state index < -0.39 is 0 Å². The fourth-order valence-corrected chi connectivity index (χ4v) is 2.89. The SMILES string of the molecule is O=c1[nH]c2cc(O)ccc2c(=O)n1C1CCCCC1. The van der Waals surface area contributed by atoms with Crippen molar-refractivity contribution in [3.8, 4) is 5.75 Å². The van der Waals surface area contributed by atoms with Crippen molar-refractivity contribution in [3.63, 3.8) is 0 Å². The van der Waals surface area contributed by atoms with Crippen LogP contribution in [0.5, 0.6) is 5.75 Å². The van der Waals surface area contributed by atoms with Crippen LogP contribution in [0, 0.1) is 0 Å². The summed E-state index contributed by atoms with van der Waals surface area (Å²) in [6.07, 6.45) is 5.05. The van der Waals surface area contributed by atoms with E-state index in [2.05, 4.69) is 4.98 Å². The summed E-state index contributed by atoms with van der Waals surface area (Å²) < 4.78 is 1.35. The highest BCUT2D eigenvalue weighted by Gasteiger charge is 2.19. The zero-order chi connectivity index (χ0) is 13.4. The fourth-order valence-electron chi connectivity index (χ4n) is 2.89. The normalized spacial score (nSPS) is 16.8. The first-order chi connectivity index (χ1) is 9.16. The number of phenols is 1. The number of aromatic amines is 1. The van der Waals surface area contributed by atoms with Crippen molar-refractivity contribution in [1.29, 1.82) is 0 Å². The molecule has 0 amide bonds. The minimum absolute atomic E-state index is 0.00297. The minimum Gasteiger partial charge on any atom is -0.508 e. The largest absolute Gasteiger partial charge is 0.508 e. The van der Waals surface area contributed by atoms with Crippen LogP contribution in [-0.2, 0) is 0 Å². The van der Waals surface area contributed by atoms with Crippen LogP contribution in [0.1, 0.15) is 38.1 Å². The molecule has 1 aliphatic rings. The van der Waals surface area contributed by atoms with Crippen molar-refractivity contribution in [2.75, 3.05) is 0 Å². The molecule has 1 heterocycles. The number of aromatic hydroxyl groups is 1. The van der Waals surface area contributed by atoms with Crippen molar-refractivity contribution >= 4 is 10.9 Å². The third kappa shape index (κ3) is 2.05. The molecule has 5 heteroatoms. The number of hydrogen-bond donors (Lipinski definition) is 2. The summed E-state index contributed by atoms with van der Waals surface area (Å²) in [7, 11) is 0. The van der Waals surface area contributed by atoms with Crippen molar-refractivity contribution < 1.29 is 5.11 Å². The van der Waals surface area contributed by atoms with Gasteiger partial charge in [-0.2, -0.15) is 0 Å². The maximum atomic E-state index is 12.4. The monoisotopic (exact) mass is 260 g/mol. The third-order valence-electron chi connectivity index (χ3n) is 3.85. The van der Waals surface area contributed by atoms with Gasteiger partial charge >= 0.3 is 5.69 Å². The van der Waals surface area contributed by atoms with Crippen LogP contribution in [0.15, 0.2) is 27.8 Å². The van der Waals surface area contributed by atoms with E-state index in [0.717, 1.165) is 25.7 Å². The molecule has 0 bridgehead atoms. The number of fused-ring (bicyclic) bond motifs is 1. The van der Waals surface area contributed by atoms with Gasteiger partial charge in [-0.05, 0) is 25.0 Å². The Balaban J connectivity index is 2.22. The summed E-state index contributed by atoms with van der Waals surface area (Å²) in [4.78, 5) is 27.2. The van der Waals surface area contributed by atoms with Gasteiger partial charge in [-0.1, -0.05) is 19.3 Å². The lowest BCUT2D eigenvalue weighted by molar-refractivity contribution is 0.338. The second-order valence-electron chi connectivity index (χ2n) is 5.13. The molecule has 2 N–H and O–H groups in total. The van der Waals surface area contributed by atoms with Crippen molar-refractivity contribution in [1.82, 2.24) is 9.55 Å². The highest BCUT2D eigenvalue weighted by atomic mass is 16.3. The van der Waals surface area contributed by atoms with Gasteiger partial charge in [0.2, 0.25) is 0 Å². The zero-order valence-corrected chi connectivity index (χ0v) is 10.6. The van der Waals surface area contributed by atoms with Crippen molar-refractivity contribution in [2.24, 2.45) is 0 Å². The molecule has 3 rings (SSSR count). The molecule has 100 valence electrons. The number of benzene rings is 1. The van der Waals surface area contributed by atoms with E-state index in [-0.39, 0.29) is 23.0 Å². The van der Waals surface area contributed by atoms with E-state index >= 15 is 0 Å². The molecule has 1 saturated carbocycles. The lowest BCUT2D eigenvalue weighted by Gasteiger charge is -2.23. The topological polar surface area (TPSA) is 75.1 Å². The Morgan fingerprint density at radius 1 is 1.16 bits per heavy atom. The summed E-state index contributed by atoms with van der Waals surface area (Å²) in [6.45, 7) is 0. The molecule has 2 aromatic rings. The standard InChI is InChI=1S/C14H16N2O3/c17-10-6-7-11-12(8-10)15-14(19)16(13(11)18)9-4-2-1-3-5-9/h6-9,17H,1-5H2,(H,15,19). The van der Waals surface area contributed by atoms with E-state index in [1.807, 2.05) is 0 Å². The molecule has 0 atom stereocenters. The Morgan fingerprint density at radius 2 is 1.89 bits per heavy atom. The Kier molecular flexibility index (Phi) is 2.89. The molecule has 0 saturated heterocycles. The first kappa shape index (κ1) is 12.0. The molecule has 1 aromatic heterocycles. The molecule has 0 radical (unpaired) electrons. The molecule has 1 aromatic carbocycles. The van der Waals surface area contributed by atoms with Gasteiger partial charge in [-0.15, -0.1) is 0 Å². The predicted octanol–water partition coefficient (Wildman–Crippen LogP) is 1.90. The Labute approximate surface area is 109 Å². The van der Waals surface area contributed by atoms with E-state index in [9.17, 15) is 14.7 Å². The van der Waals surface area contributed by atoms with E-state index in [1.54, 1.807) is 6.07 Å². The Morgan fingerprint density at radius 3 is 2.63 bits per heavy atom. The first-order valence-corrected chi connectivity index (χ1v) is 6.64. The van der Waals surface area contributed by atoms with Crippen LogP contribution >= 0.6 is 0 Å². The highest BCUT2D eigenvalue weighted by Crippen LogP contribution is 2.26. The number of nitrogens with zero attached hydrogens (tertiary/aromatic N) is 1. The Bertz CT molecular complexity index is 724. The van der Waals surface area contributed by atoms with E-state index in [1.165, 1.54) is 23.1 Å². The molecule has 0 spiro atoms. The molecular weight excluding hydrogens is 244 g/mol. The second kappa shape index (κ2) is 4.57. The summed E-state index contributed by atoms with van der Waals surface area (Å²) in [6, 6.07) is 4.43. The lowest BCUT2D eigenvalue weighted by Crippen LogP contribution is -2.38. The molecule has 5 nitrogen and oxygen atoms in total. The average Bonchev–Trinajstić information content (AvgIpc) is 2.39. The number of nitrogens with one attached hydrogen (secondary N) is 1. The molecule has 19 heavy (non-hydrogen) atoms. The van der Waals surface area contributed by atoms with Gasteiger partial charge in [0, 0.05) is 12.1 Å². The van der Waals surface area contributed by atoms with Crippen LogP contribution in [0.3, 0.4) is 0 Å². The number of H-pyrrole nitrogens is 1. The second-order valence-corrected chi connectivity index (χ2v) is 5.13. The maximum absolute atomic E-state index is 12.4. The molecular formula is C14H16N2O3. The van der Waals surface area contributed by atoms with Crippen LogP contribution in [-0.4, -0.2) is 14.7 Å². The molecule has 0 unspecified atom stereocenters. The highest BCUT2D eigenvalue weighted by molar-refractivity contribution is 5.78. The van der Waals surface area contributed by atoms with Gasteiger partial charge in [-0.3, -0.25) is 9.36 Å². The lowest BCUT2D eigenvalue weighted by atomic mass is 9.95. The Hall–Kier alpha value is -2.04.